The van der Waals surface area contributed by atoms with Gasteiger partial charge in [0.2, 0.25) is 0 Å². The molecular weight excluding hydrogens is 271 g/mol. The molecule has 100 valence electrons. The van der Waals surface area contributed by atoms with Gasteiger partial charge in [-0.15, -0.1) is 0 Å². The zero-order valence-corrected chi connectivity index (χ0v) is 11.9. The first-order valence-electron chi connectivity index (χ1n) is 6.07. The summed E-state index contributed by atoms with van der Waals surface area (Å²) in [5.74, 6) is 0. The molecule has 2 rings (SSSR count). The van der Waals surface area contributed by atoms with Crippen molar-refractivity contribution >= 4 is 23.2 Å². The summed E-state index contributed by atoms with van der Waals surface area (Å²) >= 11 is 12.2. The van der Waals surface area contributed by atoms with Crippen LogP contribution < -0.4 is 5.73 Å². The second kappa shape index (κ2) is 6.22. The zero-order valence-electron chi connectivity index (χ0n) is 10.4. The minimum atomic E-state index is 0.112. The fourth-order valence-electron chi connectivity index (χ4n) is 2.51. The van der Waals surface area contributed by atoms with Crippen LogP contribution in [0.5, 0.6) is 0 Å². The lowest BCUT2D eigenvalue weighted by molar-refractivity contribution is 0.139. The van der Waals surface area contributed by atoms with E-state index in [1.54, 1.807) is 13.2 Å². The predicted octanol–water partition coefficient (Wildman–Crippen LogP) is 2.71. The van der Waals surface area contributed by atoms with E-state index in [4.69, 9.17) is 33.7 Å². The number of likely N-dealkylation sites (tertiary alicyclic amines) is 1. The largest absolute Gasteiger partial charge is 0.383 e. The van der Waals surface area contributed by atoms with Crippen LogP contribution in [0.15, 0.2) is 18.2 Å². The quantitative estimate of drug-likeness (QED) is 0.926. The van der Waals surface area contributed by atoms with Crippen molar-refractivity contribution in [2.24, 2.45) is 5.73 Å². The summed E-state index contributed by atoms with van der Waals surface area (Å²) in [4.78, 5) is 2.32. The van der Waals surface area contributed by atoms with Gasteiger partial charge in [0.15, 0.2) is 0 Å². The van der Waals surface area contributed by atoms with E-state index in [0.717, 1.165) is 25.1 Å². The van der Waals surface area contributed by atoms with Gasteiger partial charge < -0.3 is 10.5 Å². The molecule has 0 amide bonds. The van der Waals surface area contributed by atoms with Gasteiger partial charge >= 0.3 is 0 Å². The van der Waals surface area contributed by atoms with E-state index < -0.39 is 0 Å². The van der Waals surface area contributed by atoms with Gasteiger partial charge in [0.1, 0.15) is 0 Å². The summed E-state index contributed by atoms with van der Waals surface area (Å²) in [7, 11) is 1.71. The maximum absolute atomic E-state index is 6.28. The van der Waals surface area contributed by atoms with Gasteiger partial charge in [-0.3, -0.25) is 4.90 Å². The molecule has 1 aliphatic rings. The Hall–Kier alpha value is -0.320. The van der Waals surface area contributed by atoms with Gasteiger partial charge in [-0.1, -0.05) is 29.3 Å². The molecule has 0 bridgehead atoms. The summed E-state index contributed by atoms with van der Waals surface area (Å²) < 4.78 is 5.14. The Morgan fingerprint density at radius 1 is 1.44 bits per heavy atom. The van der Waals surface area contributed by atoms with Crippen molar-refractivity contribution in [3.05, 3.63) is 33.8 Å². The van der Waals surface area contributed by atoms with Gasteiger partial charge in [0.25, 0.3) is 0 Å². The smallest absolute Gasteiger partial charge is 0.0589 e. The van der Waals surface area contributed by atoms with Gasteiger partial charge in [-0.25, -0.2) is 0 Å². The van der Waals surface area contributed by atoms with Gasteiger partial charge in [0, 0.05) is 36.3 Å². The third-order valence-electron chi connectivity index (χ3n) is 3.41. The van der Waals surface area contributed by atoms with Gasteiger partial charge in [-0.2, -0.15) is 0 Å². The fourth-order valence-corrected chi connectivity index (χ4v) is 3.03. The van der Waals surface area contributed by atoms with E-state index >= 15 is 0 Å². The van der Waals surface area contributed by atoms with Crippen molar-refractivity contribution in [1.29, 1.82) is 0 Å². The van der Waals surface area contributed by atoms with E-state index in [-0.39, 0.29) is 12.1 Å². The number of benzene rings is 1. The molecule has 3 nitrogen and oxygen atoms in total. The van der Waals surface area contributed by atoms with E-state index in [0.29, 0.717) is 16.7 Å². The Labute approximate surface area is 118 Å². The number of methoxy groups -OCH3 is 1. The number of rotatable bonds is 4. The number of hydrogen-bond donors (Lipinski definition) is 1. The standard InChI is InChI=1S/C13H18Cl2N2O/c1-18-7-6-17-5-4-12(16)13(17)10-3-2-9(14)8-11(10)15/h2-3,8,12-13H,4-7,16H2,1H3. The van der Waals surface area contributed by atoms with Crippen molar-refractivity contribution < 1.29 is 4.74 Å². The number of ether oxygens (including phenoxy) is 1. The molecule has 0 saturated carbocycles. The lowest BCUT2D eigenvalue weighted by Crippen LogP contribution is -2.33. The highest BCUT2D eigenvalue weighted by Crippen LogP contribution is 2.35. The molecule has 1 saturated heterocycles. The third kappa shape index (κ3) is 2.98. The second-order valence-electron chi connectivity index (χ2n) is 4.59. The monoisotopic (exact) mass is 288 g/mol. The topological polar surface area (TPSA) is 38.5 Å². The van der Waals surface area contributed by atoms with E-state index in [2.05, 4.69) is 4.90 Å². The third-order valence-corrected chi connectivity index (χ3v) is 3.97. The number of hydrogen-bond acceptors (Lipinski definition) is 3. The Morgan fingerprint density at radius 3 is 2.89 bits per heavy atom. The molecule has 1 aromatic carbocycles. The predicted molar refractivity (Wildman–Crippen MR) is 75.2 cm³/mol. The highest BCUT2D eigenvalue weighted by atomic mass is 35.5. The molecule has 0 aliphatic carbocycles. The van der Waals surface area contributed by atoms with Crippen LogP contribution in [0.25, 0.3) is 0 Å². The highest BCUT2D eigenvalue weighted by molar-refractivity contribution is 6.35. The Kier molecular flexibility index (Phi) is 4.87. The van der Waals surface area contributed by atoms with Crippen molar-refractivity contribution in [2.45, 2.75) is 18.5 Å². The summed E-state index contributed by atoms with van der Waals surface area (Å²) in [6, 6.07) is 5.88. The SMILES string of the molecule is COCCN1CCC(N)C1c1ccc(Cl)cc1Cl. The van der Waals surface area contributed by atoms with Gasteiger partial charge in [-0.05, 0) is 24.1 Å². The zero-order chi connectivity index (χ0) is 13.1. The highest BCUT2D eigenvalue weighted by Gasteiger charge is 2.33. The molecule has 1 aromatic rings. The molecule has 2 unspecified atom stereocenters. The maximum Gasteiger partial charge on any atom is 0.0589 e. The fraction of sp³-hybridized carbons (Fsp3) is 0.538. The molecule has 1 aliphatic heterocycles. The number of halogens is 2. The van der Waals surface area contributed by atoms with E-state index in [1.807, 2.05) is 12.1 Å². The molecule has 0 radical (unpaired) electrons. The first kappa shape index (κ1) is 14.1. The van der Waals surface area contributed by atoms with Crippen LogP contribution in [0.1, 0.15) is 18.0 Å². The van der Waals surface area contributed by atoms with Crippen LogP contribution in [-0.4, -0.2) is 37.7 Å². The number of nitrogens with zero attached hydrogens (tertiary/aromatic N) is 1. The van der Waals surface area contributed by atoms with E-state index in [9.17, 15) is 0 Å². The van der Waals surface area contributed by atoms with Crippen molar-refractivity contribution in [1.82, 2.24) is 4.90 Å². The first-order chi connectivity index (χ1) is 8.63. The van der Waals surface area contributed by atoms with Crippen molar-refractivity contribution in [2.75, 3.05) is 26.8 Å². The average molecular weight is 289 g/mol. The van der Waals surface area contributed by atoms with Crippen LogP contribution in [0.2, 0.25) is 10.0 Å². The molecule has 5 heteroatoms. The summed E-state index contributed by atoms with van der Waals surface area (Å²) in [5, 5.41) is 1.34. The normalized spacial score (nSPS) is 24.7. The molecule has 1 fully saturated rings. The summed E-state index contributed by atoms with van der Waals surface area (Å²) in [6.45, 7) is 2.55. The Morgan fingerprint density at radius 2 is 2.22 bits per heavy atom. The van der Waals surface area contributed by atoms with Crippen LogP contribution in [0.4, 0.5) is 0 Å². The van der Waals surface area contributed by atoms with Crippen LogP contribution in [-0.2, 0) is 4.74 Å². The molecule has 2 atom stereocenters. The van der Waals surface area contributed by atoms with Crippen molar-refractivity contribution in [3.63, 3.8) is 0 Å². The Bertz CT molecular complexity index is 414. The van der Waals surface area contributed by atoms with Gasteiger partial charge in [0.05, 0.1) is 12.6 Å². The van der Waals surface area contributed by atoms with E-state index in [1.165, 1.54) is 0 Å². The number of nitrogens with two attached hydrogens (primary N) is 1. The molecule has 0 spiro atoms. The molecule has 2 N–H and O–H groups in total. The second-order valence-corrected chi connectivity index (χ2v) is 5.44. The summed E-state index contributed by atoms with van der Waals surface area (Å²) in [5.41, 5.74) is 7.26. The summed E-state index contributed by atoms with van der Waals surface area (Å²) in [6.07, 6.45) is 0.980. The van der Waals surface area contributed by atoms with Crippen LogP contribution in [0, 0.1) is 0 Å². The maximum atomic E-state index is 6.28. The molecular formula is C13H18Cl2N2O. The Balaban J connectivity index is 2.22. The van der Waals surface area contributed by atoms with Crippen LogP contribution >= 0.6 is 23.2 Å². The minimum absolute atomic E-state index is 0.112. The lowest BCUT2D eigenvalue weighted by atomic mass is 10.0. The van der Waals surface area contributed by atoms with Crippen LogP contribution in [0.3, 0.4) is 0 Å². The molecule has 18 heavy (non-hydrogen) atoms. The first-order valence-corrected chi connectivity index (χ1v) is 6.82. The minimum Gasteiger partial charge on any atom is -0.383 e. The molecule has 1 heterocycles. The lowest BCUT2D eigenvalue weighted by Gasteiger charge is -2.27. The average Bonchev–Trinajstić information content (AvgIpc) is 2.68. The molecule has 0 aromatic heterocycles. The van der Waals surface area contributed by atoms with Crippen molar-refractivity contribution in [3.8, 4) is 0 Å².